The molecule has 10 heteroatoms. The Morgan fingerprint density at radius 3 is 2.58 bits per heavy atom. The SMILES string of the molecule is CCCC1CCC2(CC1)SCC(=O)N2NC(=O)c1[nH]c2ccc(S(N)(=O)=O)cc2c1-c1ccccc1. The number of nitrogens with zero attached hydrogens (tertiary/aromatic N) is 1. The largest absolute Gasteiger partial charge is 0.350 e. The lowest BCUT2D eigenvalue weighted by molar-refractivity contribution is -0.134. The van der Waals surface area contributed by atoms with E-state index in [1.165, 1.54) is 18.6 Å². The fourth-order valence-corrected chi connectivity index (χ4v) is 7.35. The number of benzene rings is 2. The van der Waals surface area contributed by atoms with E-state index in [0.29, 0.717) is 28.1 Å². The lowest BCUT2D eigenvalue weighted by Crippen LogP contribution is -2.55. The number of hydrogen-bond acceptors (Lipinski definition) is 5. The maximum Gasteiger partial charge on any atom is 0.286 e. The molecule has 1 spiro atoms. The van der Waals surface area contributed by atoms with Crippen molar-refractivity contribution in [2.75, 3.05) is 5.75 Å². The summed E-state index contributed by atoms with van der Waals surface area (Å²) >= 11 is 1.62. The molecular formula is C26H30N4O4S2. The van der Waals surface area contributed by atoms with Gasteiger partial charge in [0.05, 0.1) is 10.6 Å². The molecule has 0 unspecified atom stereocenters. The molecule has 8 nitrogen and oxygen atoms in total. The molecule has 2 aliphatic rings. The molecule has 1 saturated heterocycles. The maximum atomic E-state index is 13.7. The van der Waals surface area contributed by atoms with Gasteiger partial charge in [0, 0.05) is 16.5 Å². The van der Waals surface area contributed by atoms with Crippen LogP contribution in [-0.2, 0) is 14.8 Å². The Morgan fingerprint density at radius 2 is 1.92 bits per heavy atom. The first kappa shape index (κ1) is 24.9. The Labute approximate surface area is 215 Å². The summed E-state index contributed by atoms with van der Waals surface area (Å²) in [7, 11) is -3.93. The number of fused-ring (bicyclic) bond motifs is 1. The van der Waals surface area contributed by atoms with Gasteiger partial charge in [-0.1, -0.05) is 50.1 Å². The van der Waals surface area contributed by atoms with Crippen molar-refractivity contribution >= 4 is 44.5 Å². The van der Waals surface area contributed by atoms with Crippen molar-refractivity contribution in [1.29, 1.82) is 0 Å². The van der Waals surface area contributed by atoms with Gasteiger partial charge in [-0.15, -0.1) is 11.8 Å². The average molecular weight is 527 g/mol. The van der Waals surface area contributed by atoms with Gasteiger partial charge in [-0.2, -0.15) is 0 Å². The summed E-state index contributed by atoms with van der Waals surface area (Å²) in [5, 5.41) is 7.49. The monoisotopic (exact) mass is 526 g/mol. The summed E-state index contributed by atoms with van der Waals surface area (Å²) in [4.78, 5) is 29.3. The van der Waals surface area contributed by atoms with Gasteiger partial charge < -0.3 is 4.98 Å². The first-order valence-corrected chi connectivity index (χ1v) is 14.8. The second-order valence-corrected chi connectivity index (χ2v) is 12.5. The van der Waals surface area contributed by atoms with Crippen LogP contribution in [0.25, 0.3) is 22.0 Å². The number of amides is 2. The third-order valence-corrected chi connectivity index (χ3v) is 9.74. The predicted octanol–water partition coefficient (Wildman–Crippen LogP) is 4.39. The molecule has 2 heterocycles. The number of thioether (sulfide) groups is 1. The Bertz CT molecular complexity index is 1410. The van der Waals surface area contributed by atoms with E-state index in [4.69, 9.17) is 5.14 Å². The molecule has 0 bridgehead atoms. The fraction of sp³-hybridized carbons (Fsp3) is 0.385. The van der Waals surface area contributed by atoms with Gasteiger partial charge in [0.25, 0.3) is 11.8 Å². The zero-order chi connectivity index (χ0) is 25.5. The fourth-order valence-electron chi connectivity index (χ4n) is 5.49. The van der Waals surface area contributed by atoms with E-state index in [1.807, 2.05) is 30.3 Å². The minimum Gasteiger partial charge on any atom is -0.350 e. The Morgan fingerprint density at radius 1 is 1.19 bits per heavy atom. The predicted molar refractivity (Wildman–Crippen MR) is 141 cm³/mol. The van der Waals surface area contributed by atoms with Crippen molar-refractivity contribution in [1.82, 2.24) is 15.4 Å². The number of aromatic amines is 1. The Balaban J connectivity index is 1.52. The second-order valence-electron chi connectivity index (χ2n) is 9.63. The van der Waals surface area contributed by atoms with Crippen LogP contribution in [0.1, 0.15) is 55.9 Å². The molecule has 36 heavy (non-hydrogen) atoms. The summed E-state index contributed by atoms with van der Waals surface area (Å²) in [6.45, 7) is 2.20. The minimum atomic E-state index is -3.93. The number of nitrogens with one attached hydrogen (secondary N) is 2. The molecule has 1 saturated carbocycles. The van der Waals surface area contributed by atoms with Gasteiger partial charge in [0.2, 0.25) is 10.0 Å². The van der Waals surface area contributed by atoms with Crippen LogP contribution in [0.3, 0.4) is 0 Å². The normalized spacial score (nSPS) is 22.4. The van der Waals surface area contributed by atoms with E-state index in [-0.39, 0.29) is 16.5 Å². The van der Waals surface area contributed by atoms with Crippen LogP contribution in [0.15, 0.2) is 53.4 Å². The third kappa shape index (κ3) is 4.53. The number of sulfonamides is 1. The Kier molecular flexibility index (Phi) is 6.61. The van der Waals surface area contributed by atoms with Crippen LogP contribution >= 0.6 is 11.8 Å². The Hall–Kier alpha value is -2.82. The number of primary sulfonamides is 1. The number of nitrogens with two attached hydrogens (primary N) is 1. The summed E-state index contributed by atoms with van der Waals surface area (Å²) in [5.41, 5.74) is 5.10. The number of carbonyl (C=O) groups excluding carboxylic acids is 2. The van der Waals surface area contributed by atoms with Gasteiger partial charge in [0.15, 0.2) is 0 Å². The van der Waals surface area contributed by atoms with Crippen LogP contribution in [0.5, 0.6) is 0 Å². The molecule has 5 rings (SSSR count). The lowest BCUT2D eigenvalue weighted by Gasteiger charge is -2.42. The zero-order valence-corrected chi connectivity index (χ0v) is 21.8. The van der Waals surface area contributed by atoms with Crippen LogP contribution < -0.4 is 10.6 Å². The average Bonchev–Trinajstić information content (AvgIpc) is 3.39. The summed E-state index contributed by atoms with van der Waals surface area (Å²) < 4.78 is 24.0. The summed E-state index contributed by atoms with van der Waals surface area (Å²) in [6.07, 6.45) is 6.13. The van der Waals surface area contributed by atoms with E-state index >= 15 is 0 Å². The van der Waals surface area contributed by atoms with Crippen molar-refractivity contribution in [2.45, 2.75) is 55.2 Å². The van der Waals surface area contributed by atoms with Crippen molar-refractivity contribution in [3.05, 3.63) is 54.2 Å². The van der Waals surface area contributed by atoms with E-state index in [1.54, 1.807) is 22.8 Å². The van der Waals surface area contributed by atoms with E-state index in [0.717, 1.165) is 37.7 Å². The topological polar surface area (TPSA) is 125 Å². The molecule has 1 aliphatic heterocycles. The highest BCUT2D eigenvalue weighted by Gasteiger charge is 2.49. The standard InChI is InChI=1S/C26H30N4O4S2/c1-2-6-17-11-13-26(14-12-17)30(22(31)16-35-26)29-25(32)24-23(18-7-4-3-5-8-18)20-15-19(36(27,33)34)9-10-21(20)28-24/h3-5,7-10,15,17,28H,2,6,11-14,16H2,1H3,(H,29,32)(H2,27,33,34). The van der Waals surface area contributed by atoms with Gasteiger partial charge in [0.1, 0.15) is 10.6 Å². The number of rotatable bonds is 6. The molecule has 0 atom stereocenters. The molecule has 3 aromatic rings. The maximum absolute atomic E-state index is 13.7. The van der Waals surface area contributed by atoms with Gasteiger partial charge in [-0.05, 0) is 55.4 Å². The van der Waals surface area contributed by atoms with Crippen LogP contribution in [0.2, 0.25) is 0 Å². The highest BCUT2D eigenvalue weighted by molar-refractivity contribution is 8.01. The molecule has 2 aromatic carbocycles. The lowest BCUT2D eigenvalue weighted by atomic mass is 9.83. The first-order valence-electron chi connectivity index (χ1n) is 12.2. The van der Waals surface area contributed by atoms with Crippen molar-refractivity contribution in [3.63, 3.8) is 0 Å². The zero-order valence-electron chi connectivity index (χ0n) is 20.1. The van der Waals surface area contributed by atoms with Crippen molar-refractivity contribution in [3.8, 4) is 11.1 Å². The van der Waals surface area contributed by atoms with E-state index in [2.05, 4.69) is 17.3 Å². The molecule has 0 radical (unpaired) electrons. The van der Waals surface area contributed by atoms with Gasteiger partial charge in [-0.3, -0.25) is 15.0 Å². The molecule has 2 amide bonds. The summed E-state index contributed by atoms with van der Waals surface area (Å²) in [5.74, 6) is 0.472. The quantitative estimate of drug-likeness (QED) is 0.439. The molecule has 1 aliphatic carbocycles. The number of hydrogen-bond donors (Lipinski definition) is 3. The minimum absolute atomic E-state index is 0.0351. The van der Waals surface area contributed by atoms with Crippen LogP contribution in [0, 0.1) is 5.92 Å². The third-order valence-electron chi connectivity index (χ3n) is 7.31. The van der Waals surface area contributed by atoms with Gasteiger partial charge >= 0.3 is 0 Å². The van der Waals surface area contributed by atoms with Crippen LogP contribution in [-0.4, -0.2) is 40.8 Å². The number of H-pyrrole nitrogens is 1. The molecule has 190 valence electrons. The van der Waals surface area contributed by atoms with Gasteiger partial charge in [-0.25, -0.2) is 18.6 Å². The number of carbonyl (C=O) groups is 2. The smallest absolute Gasteiger partial charge is 0.286 e. The highest BCUT2D eigenvalue weighted by Crippen LogP contribution is 2.48. The summed E-state index contributed by atoms with van der Waals surface area (Å²) in [6, 6.07) is 13.8. The van der Waals surface area contributed by atoms with E-state index in [9.17, 15) is 18.0 Å². The van der Waals surface area contributed by atoms with E-state index < -0.39 is 20.8 Å². The molecule has 1 aromatic heterocycles. The first-order chi connectivity index (χ1) is 17.2. The molecule has 2 fully saturated rings. The molecular weight excluding hydrogens is 496 g/mol. The van der Waals surface area contributed by atoms with Crippen molar-refractivity contribution in [2.24, 2.45) is 11.1 Å². The number of aromatic nitrogens is 1. The number of hydrazine groups is 1. The van der Waals surface area contributed by atoms with Crippen LogP contribution in [0.4, 0.5) is 0 Å². The molecule has 4 N–H and O–H groups in total. The highest BCUT2D eigenvalue weighted by atomic mass is 32.2. The van der Waals surface area contributed by atoms with Crippen molar-refractivity contribution < 1.29 is 18.0 Å². The second kappa shape index (κ2) is 9.57.